The number of amides is 2. The Labute approximate surface area is 159 Å². The number of aromatic amines is 1. The van der Waals surface area contributed by atoms with Crippen LogP contribution in [-0.4, -0.2) is 45.8 Å². The van der Waals surface area contributed by atoms with Gasteiger partial charge in [0.15, 0.2) is 0 Å². The summed E-state index contributed by atoms with van der Waals surface area (Å²) in [6, 6.07) is 9.38. The maximum Gasteiger partial charge on any atom is 0.311 e. The van der Waals surface area contributed by atoms with Crippen molar-refractivity contribution in [3.05, 3.63) is 54.1 Å². The zero-order valence-electron chi connectivity index (χ0n) is 15.6. The van der Waals surface area contributed by atoms with Crippen LogP contribution in [0.4, 0.5) is 0 Å². The van der Waals surface area contributed by atoms with Crippen LogP contribution in [0.3, 0.4) is 0 Å². The van der Waals surface area contributed by atoms with Crippen LogP contribution >= 0.6 is 0 Å². The van der Waals surface area contributed by atoms with Gasteiger partial charge in [0.05, 0.1) is 6.04 Å². The van der Waals surface area contributed by atoms with Crippen LogP contribution < -0.4 is 11.1 Å². The van der Waals surface area contributed by atoms with Gasteiger partial charge in [-0.25, -0.2) is 4.98 Å². The van der Waals surface area contributed by atoms with Gasteiger partial charge in [-0.1, -0.05) is 43.7 Å². The van der Waals surface area contributed by atoms with Crippen molar-refractivity contribution in [2.75, 3.05) is 13.1 Å². The molecule has 4 N–H and O–H groups in total. The number of hydrogen-bond acceptors (Lipinski definition) is 4. The average molecular weight is 369 g/mol. The zero-order chi connectivity index (χ0) is 19.2. The van der Waals surface area contributed by atoms with Crippen LogP contribution in [0.2, 0.25) is 0 Å². The Bertz CT molecular complexity index is 747. The molecular formula is C20H27N5O2. The summed E-state index contributed by atoms with van der Waals surface area (Å²) in [6.07, 6.45) is 5.53. The molecule has 7 heteroatoms. The van der Waals surface area contributed by atoms with Gasteiger partial charge in [0.25, 0.3) is 0 Å². The Morgan fingerprint density at radius 1 is 1.37 bits per heavy atom. The molecule has 3 unspecified atom stereocenters. The first kappa shape index (κ1) is 19.1. The van der Waals surface area contributed by atoms with E-state index < -0.39 is 11.8 Å². The summed E-state index contributed by atoms with van der Waals surface area (Å²) in [5, 5.41) is 2.89. The van der Waals surface area contributed by atoms with Gasteiger partial charge in [0, 0.05) is 37.9 Å². The van der Waals surface area contributed by atoms with Crippen molar-refractivity contribution in [3.8, 4) is 0 Å². The van der Waals surface area contributed by atoms with E-state index in [-0.39, 0.29) is 18.0 Å². The first-order valence-corrected chi connectivity index (χ1v) is 9.47. The highest BCUT2D eigenvalue weighted by Gasteiger charge is 2.32. The maximum atomic E-state index is 12.7. The Balaban J connectivity index is 1.69. The molecule has 7 nitrogen and oxygen atoms in total. The van der Waals surface area contributed by atoms with E-state index in [0.717, 1.165) is 24.2 Å². The third-order valence-electron chi connectivity index (χ3n) is 5.26. The summed E-state index contributed by atoms with van der Waals surface area (Å²) in [6.45, 7) is 3.13. The number of nitrogens with one attached hydrogen (secondary N) is 2. The maximum absolute atomic E-state index is 12.7. The van der Waals surface area contributed by atoms with E-state index >= 15 is 0 Å². The van der Waals surface area contributed by atoms with Gasteiger partial charge in [-0.15, -0.1) is 0 Å². The number of aromatic nitrogens is 2. The van der Waals surface area contributed by atoms with E-state index in [2.05, 4.69) is 22.2 Å². The molecule has 0 spiro atoms. The van der Waals surface area contributed by atoms with Gasteiger partial charge in [0.2, 0.25) is 0 Å². The van der Waals surface area contributed by atoms with Gasteiger partial charge in [0.1, 0.15) is 5.82 Å². The highest BCUT2D eigenvalue weighted by Crippen LogP contribution is 2.20. The SMILES string of the molecule is CCC1CN(C(=O)C(=O)NC(Cc2ncc[nH]2)c2ccccc2)CCC1N. The van der Waals surface area contributed by atoms with Crippen molar-refractivity contribution in [1.29, 1.82) is 0 Å². The highest BCUT2D eigenvalue weighted by molar-refractivity contribution is 6.35. The largest absolute Gasteiger partial charge is 0.349 e. The van der Waals surface area contributed by atoms with E-state index in [1.165, 1.54) is 0 Å². The van der Waals surface area contributed by atoms with Crippen LogP contribution in [0.1, 0.15) is 37.2 Å². The highest BCUT2D eigenvalue weighted by atomic mass is 16.2. The number of carbonyl (C=O) groups excluding carboxylic acids is 2. The van der Waals surface area contributed by atoms with E-state index in [9.17, 15) is 9.59 Å². The van der Waals surface area contributed by atoms with Gasteiger partial charge >= 0.3 is 11.8 Å². The number of hydrogen-bond donors (Lipinski definition) is 3. The molecule has 0 saturated carbocycles. The van der Waals surface area contributed by atoms with Crippen LogP contribution in [0.15, 0.2) is 42.7 Å². The van der Waals surface area contributed by atoms with Crippen molar-refractivity contribution < 1.29 is 9.59 Å². The molecule has 1 aliphatic heterocycles. The number of nitrogens with zero attached hydrogens (tertiary/aromatic N) is 2. The standard InChI is InChI=1S/C20H27N5O2/c1-2-14-13-25(11-8-16(14)21)20(27)19(26)24-17(12-18-22-9-10-23-18)15-6-4-3-5-7-15/h3-7,9-10,14,16-17H,2,8,11-13,21H2,1H3,(H,22,23)(H,24,26). The molecule has 1 saturated heterocycles. The van der Waals surface area contributed by atoms with E-state index in [0.29, 0.717) is 19.5 Å². The number of likely N-dealkylation sites (tertiary alicyclic amines) is 1. The fraction of sp³-hybridized carbons (Fsp3) is 0.450. The molecule has 1 aromatic heterocycles. The molecule has 0 bridgehead atoms. The van der Waals surface area contributed by atoms with Crippen molar-refractivity contribution in [1.82, 2.24) is 20.2 Å². The lowest BCUT2D eigenvalue weighted by Crippen LogP contribution is -2.53. The lowest BCUT2D eigenvalue weighted by atomic mass is 9.90. The molecule has 2 heterocycles. The van der Waals surface area contributed by atoms with Gasteiger partial charge in [-0.2, -0.15) is 0 Å². The molecule has 144 valence electrons. The second-order valence-corrected chi connectivity index (χ2v) is 7.05. The minimum atomic E-state index is -0.583. The number of benzene rings is 1. The Kier molecular flexibility index (Phi) is 6.24. The van der Waals surface area contributed by atoms with Crippen LogP contribution in [0.25, 0.3) is 0 Å². The Hall–Kier alpha value is -2.67. The molecule has 3 atom stereocenters. The molecule has 1 aromatic carbocycles. The monoisotopic (exact) mass is 369 g/mol. The van der Waals surface area contributed by atoms with E-state index in [1.807, 2.05) is 30.3 Å². The van der Waals surface area contributed by atoms with Crippen molar-refractivity contribution in [3.63, 3.8) is 0 Å². The molecule has 3 rings (SSSR count). The smallest absolute Gasteiger partial charge is 0.311 e. The third kappa shape index (κ3) is 4.74. The first-order chi connectivity index (χ1) is 13.1. The molecule has 2 aromatic rings. The van der Waals surface area contributed by atoms with Crippen LogP contribution in [0.5, 0.6) is 0 Å². The molecule has 1 aliphatic rings. The van der Waals surface area contributed by atoms with E-state index in [4.69, 9.17) is 5.73 Å². The van der Waals surface area contributed by atoms with Gasteiger partial charge in [-0.05, 0) is 17.9 Å². The summed E-state index contributed by atoms with van der Waals surface area (Å²) in [7, 11) is 0. The Morgan fingerprint density at radius 3 is 2.81 bits per heavy atom. The molecule has 0 radical (unpaired) electrons. The summed E-state index contributed by atoms with van der Waals surface area (Å²) in [4.78, 5) is 34.3. The minimum Gasteiger partial charge on any atom is -0.349 e. The molecule has 27 heavy (non-hydrogen) atoms. The van der Waals surface area contributed by atoms with Crippen LogP contribution in [0, 0.1) is 5.92 Å². The number of nitrogens with two attached hydrogens (primary N) is 1. The fourth-order valence-electron chi connectivity index (χ4n) is 3.57. The third-order valence-corrected chi connectivity index (χ3v) is 5.26. The fourth-order valence-corrected chi connectivity index (χ4v) is 3.57. The predicted molar refractivity (Wildman–Crippen MR) is 103 cm³/mol. The normalized spacial score (nSPS) is 20.9. The average Bonchev–Trinajstić information content (AvgIpc) is 3.21. The summed E-state index contributed by atoms with van der Waals surface area (Å²) >= 11 is 0. The second-order valence-electron chi connectivity index (χ2n) is 7.05. The molecule has 2 amide bonds. The van der Waals surface area contributed by atoms with Crippen LogP contribution in [-0.2, 0) is 16.0 Å². The molecular weight excluding hydrogens is 342 g/mol. The molecule has 1 fully saturated rings. The lowest BCUT2D eigenvalue weighted by Gasteiger charge is -2.36. The summed E-state index contributed by atoms with van der Waals surface area (Å²) in [5.74, 6) is -0.0726. The van der Waals surface area contributed by atoms with Gasteiger partial charge in [-0.3, -0.25) is 9.59 Å². The van der Waals surface area contributed by atoms with Crippen molar-refractivity contribution >= 4 is 11.8 Å². The number of carbonyl (C=O) groups is 2. The van der Waals surface area contributed by atoms with E-state index in [1.54, 1.807) is 17.3 Å². The summed E-state index contributed by atoms with van der Waals surface area (Å²) < 4.78 is 0. The predicted octanol–water partition coefficient (Wildman–Crippen LogP) is 1.40. The summed E-state index contributed by atoms with van der Waals surface area (Å²) in [5.41, 5.74) is 7.04. The number of piperidine rings is 1. The Morgan fingerprint density at radius 2 is 2.15 bits per heavy atom. The quantitative estimate of drug-likeness (QED) is 0.693. The number of H-pyrrole nitrogens is 1. The second kappa shape index (κ2) is 8.81. The van der Waals surface area contributed by atoms with Crippen molar-refractivity contribution in [2.24, 2.45) is 11.7 Å². The number of imidazole rings is 1. The lowest BCUT2D eigenvalue weighted by molar-refractivity contribution is -0.147. The topological polar surface area (TPSA) is 104 Å². The van der Waals surface area contributed by atoms with Gasteiger partial charge < -0.3 is 20.9 Å². The first-order valence-electron chi connectivity index (χ1n) is 9.47. The number of rotatable bonds is 5. The zero-order valence-corrected chi connectivity index (χ0v) is 15.6. The minimum absolute atomic E-state index is 0.0955. The molecule has 0 aliphatic carbocycles. The van der Waals surface area contributed by atoms with Crippen molar-refractivity contribution in [2.45, 2.75) is 38.3 Å².